The summed E-state index contributed by atoms with van der Waals surface area (Å²) in [5.41, 5.74) is 4.96. The largest absolute Gasteiger partial charge is 2.00 e. The van der Waals surface area contributed by atoms with Crippen LogP contribution in [-0.2, 0) is 0 Å². The molecule has 0 aliphatic carbocycles. The average molecular weight is 224 g/mol. The normalized spacial score (nSPS) is 7.43. The molecule has 0 aromatic carbocycles. The summed E-state index contributed by atoms with van der Waals surface area (Å²) in [7, 11) is 0. The molecule has 1 aromatic rings. The molecule has 7 heavy (non-hydrogen) atoms. The van der Waals surface area contributed by atoms with Gasteiger partial charge in [-0.1, -0.05) is 5.10 Å². The number of nitrogens with two attached hydrogens (primary N) is 1. The van der Waals surface area contributed by atoms with E-state index in [0.717, 1.165) is 0 Å². The molecule has 5 nitrogen and oxygen atoms in total. The Balaban J connectivity index is -0.000000120. The van der Waals surface area contributed by atoms with E-state index in [-0.39, 0.29) is 57.7 Å². The van der Waals surface area contributed by atoms with E-state index in [9.17, 15) is 0 Å². The van der Waals surface area contributed by atoms with E-state index in [1.54, 1.807) is 0 Å². The van der Waals surface area contributed by atoms with Crippen molar-refractivity contribution in [2.75, 3.05) is 5.73 Å². The summed E-state index contributed by atoms with van der Waals surface area (Å²) in [5.74, 6) is 0.176. The second-order valence-electron chi connectivity index (χ2n) is 0.770. The Bertz CT molecular complexity index is 119. The second-order valence-corrected chi connectivity index (χ2v) is 0.770. The van der Waals surface area contributed by atoms with Crippen LogP contribution in [-0.4, -0.2) is 69.5 Å². The van der Waals surface area contributed by atoms with Crippen LogP contribution in [0.2, 0.25) is 0 Å². The van der Waals surface area contributed by atoms with Crippen molar-refractivity contribution in [3.63, 3.8) is 0 Å². The zero-order chi connectivity index (χ0) is 4.41. The molecule has 0 bridgehead atoms. The van der Waals surface area contributed by atoms with Crippen LogP contribution in [0.1, 0.15) is 2.85 Å². The van der Waals surface area contributed by atoms with Gasteiger partial charge in [-0.3, -0.25) is 0 Å². The zero-order valence-electron chi connectivity index (χ0n) is 5.63. The number of nitrogen functional groups attached to an aromatic ring is 1. The summed E-state index contributed by atoms with van der Waals surface area (Å²) < 4.78 is 0. The van der Waals surface area contributed by atoms with Crippen LogP contribution in [0.3, 0.4) is 0 Å². The molecule has 0 spiro atoms. The van der Waals surface area contributed by atoms with Gasteiger partial charge in [0, 0.05) is 0 Å². The molecule has 0 unspecified atom stereocenters. The fourth-order valence-electron chi connectivity index (χ4n) is 0.170. The molecule has 0 amide bonds. The SMILES string of the molecule is Nc1nn[nH]n1.[Ba+2].[H-].[H-]. The maximum absolute atomic E-state index is 4.96. The number of aromatic nitrogens is 4. The number of nitrogens with one attached hydrogen (secondary N) is 1. The summed E-state index contributed by atoms with van der Waals surface area (Å²) in [6.45, 7) is 0. The molecule has 0 saturated heterocycles. The van der Waals surface area contributed by atoms with Gasteiger partial charge in [-0.25, -0.2) is 0 Å². The van der Waals surface area contributed by atoms with Crippen molar-refractivity contribution < 1.29 is 2.85 Å². The fraction of sp³-hybridized carbons (Fsp3) is 0. The molecule has 3 N–H and O–H groups in total. The van der Waals surface area contributed by atoms with Gasteiger partial charge in [0.15, 0.2) is 0 Å². The van der Waals surface area contributed by atoms with Gasteiger partial charge in [0.1, 0.15) is 0 Å². The van der Waals surface area contributed by atoms with Gasteiger partial charge in [-0.15, -0.1) is 5.10 Å². The molecule has 0 fully saturated rings. The summed E-state index contributed by atoms with van der Waals surface area (Å²) in [6, 6.07) is 0. The first kappa shape index (κ1) is 7.44. The van der Waals surface area contributed by atoms with Gasteiger partial charge >= 0.3 is 48.9 Å². The van der Waals surface area contributed by atoms with E-state index in [1.807, 2.05) is 0 Å². The van der Waals surface area contributed by atoms with Crippen molar-refractivity contribution in [2.45, 2.75) is 0 Å². The Labute approximate surface area is 83.1 Å². The Hall–Kier alpha value is 0.441. The molecular weight excluding hydrogens is 219 g/mol. The molecule has 1 heterocycles. The Morgan fingerprint density at radius 2 is 2.43 bits per heavy atom. The third kappa shape index (κ3) is 2.29. The second kappa shape index (κ2) is 3.44. The van der Waals surface area contributed by atoms with E-state index in [2.05, 4.69) is 20.6 Å². The Kier molecular flexibility index (Phi) is 3.66. The number of H-pyrrole nitrogens is 1. The van der Waals surface area contributed by atoms with E-state index in [1.165, 1.54) is 0 Å². The van der Waals surface area contributed by atoms with Crippen LogP contribution >= 0.6 is 0 Å². The number of rotatable bonds is 0. The minimum atomic E-state index is 0. The van der Waals surface area contributed by atoms with E-state index < -0.39 is 0 Å². The minimum absolute atomic E-state index is 0. The zero-order valence-corrected chi connectivity index (χ0v) is 8.07. The summed E-state index contributed by atoms with van der Waals surface area (Å²) in [4.78, 5) is 0. The molecule has 1 rings (SSSR count). The summed E-state index contributed by atoms with van der Waals surface area (Å²) in [6.07, 6.45) is 0. The quantitative estimate of drug-likeness (QED) is 0.533. The van der Waals surface area contributed by atoms with Gasteiger partial charge in [0.05, 0.1) is 0 Å². The maximum Gasteiger partial charge on any atom is 2.00 e. The summed E-state index contributed by atoms with van der Waals surface area (Å²) >= 11 is 0. The number of anilines is 1. The molecule has 0 radical (unpaired) electrons. The van der Waals surface area contributed by atoms with Gasteiger partial charge in [-0.2, -0.15) is 5.21 Å². The number of hydrogen-bond acceptors (Lipinski definition) is 4. The van der Waals surface area contributed by atoms with Crippen molar-refractivity contribution in [1.82, 2.24) is 20.6 Å². The molecule has 1 aromatic heterocycles. The van der Waals surface area contributed by atoms with Crippen LogP contribution in [0.5, 0.6) is 0 Å². The van der Waals surface area contributed by atoms with Crippen molar-refractivity contribution in [1.29, 1.82) is 0 Å². The first-order valence-corrected chi connectivity index (χ1v) is 1.38. The van der Waals surface area contributed by atoms with Gasteiger partial charge < -0.3 is 8.59 Å². The average Bonchev–Trinajstić information content (AvgIpc) is 1.86. The van der Waals surface area contributed by atoms with E-state index >= 15 is 0 Å². The van der Waals surface area contributed by atoms with E-state index in [4.69, 9.17) is 5.73 Å². The minimum Gasteiger partial charge on any atom is -1.00 e. The van der Waals surface area contributed by atoms with Crippen molar-refractivity contribution in [3.05, 3.63) is 0 Å². The van der Waals surface area contributed by atoms with Crippen LogP contribution < -0.4 is 5.73 Å². The third-order valence-electron chi connectivity index (χ3n) is 0.362. The number of hydrogen-bond donors (Lipinski definition) is 2. The van der Waals surface area contributed by atoms with Crippen molar-refractivity contribution in [3.8, 4) is 0 Å². The monoisotopic (exact) mass is 225 g/mol. The smallest absolute Gasteiger partial charge is 1.00 e. The molecule has 0 aliphatic heterocycles. The third-order valence-corrected chi connectivity index (χ3v) is 0.362. The van der Waals surface area contributed by atoms with E-state index in [0.29, 0.717) is 0 Å². The first-order valence-electron chi connectivity index (χ1n) is 1.38. The topological polar surface area (TPSA) is 80.5 Å². The predicted octanol–water partition coefficient (Wildman–Crippen LogP) is -1.37. The molecule has 0 aliphatic rings. The standard InChI is InChI=1S/CH3N5.Ba.2H/c2-1-3-5-6-4-1;;;/h(H3,2,3,4,5,6);;;/q;+2;2*-1. The Morgan fingerprint density at radius 1 is 1.71 bits per heavy atom. The van der Waals surface area contributed by atoms with Crippen LogP contribution in [0.4, 0.5) is 5.95 Å². The van der Waals surface area contributed by atoms with Crippen molar-refractivity contribution in [2.24, 2.45) is 0 Å². The van der Waals surface area contributed by atoms with Crippen LogP contribution in [0.15, 0.2) is 0 Å². The first-order chi connectivity index (χ1) is 2.89. The molecule has 0 atom stereocenters. The molecule has 6 heteroatoms. The van der Waals surface area contributed by atoms with Crippen LogP contribution in [0, 0.1) is 0 Å². The summed E-state index contributed by atoms with van der Waals surface area (Å²) in [5, 5.41) is 12.0. The molecular formula is CH5BaN5. The predicted molar refractivity (Wildman–Crippen MR) is 26.6 cm³/mol. The van der Waals surface area contributed by atoms with Crippen LogP contribution in [0.25, 0.3) is 0 Å². The fourth-order valence-corrected chi connectivity index (χ4v) is 0.170. The van der Waals surface area contributed by atoms with Gasteiger partial charge in [0.25, 0.3) is 5.95 Å². The van der Waals surface area contributed by atoms with Crippen molar-refractivity contribution >= 4 is 54.8 Å². The number of nitrogens with zero attached hydrogens (tertiary/aromatic N) is 3. The van der Waals surface area contributed by atoms with Gasteiger partial charge in [-0.05, 0) is 5.21 Å². The van der Waals surface area contributed by atoms with Gasteiger partial charge in [0.2, 0.25) is 0 Å². The Morgan fingerprint density at radius 3 is 2.57 bits per heavy atom. The maximum atomic E-state index is 4.96. The number of tetrazole rings is 1. The molecule has 36 valence electrons. The number of aromatic amines is 1. The molecule has 0 saturated carbocycles.